The van der Waals surface area contributed by atoms with E-state index < -0.39 is 0 Å². The summed E-state index contributed by atoms with van der Waals surface area (Å²) in [6.45, 7) is 6.61. The van der Waals surface area contributed by atoms with Crippen LogP contribution in [0.2, 0.25) is 0 Å². The van der Waals surface area contributed by atoms with Crippen molar-refractivity contribution < 1.29 is 0 Å². The molecule has 0 N–H and O–H groups in total. The zero-order valence-electron chi connectivity index (χ0n) is 24.2. The molecule has 2 heterocycles. The van der Waals surface area contributed by atoms with Gasteiger partial charge in [-0.15, -0.1) is 0 Å². The monoisotopic (exact) mass is 534 g/mol. The average molecular weight is 535 g/mol. The summed E-state index contributed by atoms with van der Waals surface area (Å²) in [5.74, 6) is 0.552. The summed E-state index contributed by atoms with van der Waals surface area (Å²) in [6, 6.07) is 42.5. The minimum Gasteiger partial charge on any atom is -0.340 e. The first kappa shape index (κ1) is 25.7. The van der Waals surface area contributed by atoms with Crippen LogP contribution in [-0.2, 0) is 13.1 Å². The minimum atomic E-state index is 0.552. The van der Waals surface area contributed by atoms with Crippen LogP contribution in [0, 0.1) is 13.8 Å². The fraction of sp³-hybridized carbons (Fsp3) is 0.231. The van der Waals surface area contributed by atoms with Gasteiger partial charge < -0.3 is 9.13 Å². The molecule has 2 aromatic heterocycles. The second kappa shape index (κ2) is 10.9. The maximum atomic E-state index is 2.54. The standard InChI is InChI=1S/C39H38N2/c1-28-23-24-29(2)35(27-28)30(13-11-25-40-36-19-7-3-15-31(36)32-16-4-8-20-37(32)40)14-12-26-41-38-21-9-5-17-33(38)34-18-6-10-22-39(34)41/h3-10,15-24,27,30H,11-14,25-26H2,1-2H3. The van der Waals surface area contributed by atoms with E-state index in [-0.39, 0.29) is 0 Å². The van der Waals surface area contributed by atoms with Crippen LogP contribution in [0.5, 0.6) is 0 Å². The van der Waals surface area contributed by atoms with E-state index in [4.69, 9.17) is 0 Å². The van der Waals surface area contributed by atoms with E-state index in [2.05, 4.69) is 138 Å². The van der Waals surface area contributed by atoms with Gasteiger partial charge in [-0.05, 0) is 80.8 Å². The molecule has 5 aromatic carbocycles. The van der Waals surface area contributed by atoms with Crippen LogP contribution in [0.4, 0.5) is 0 Å². The molecule has 0 saturated heterocycles. The van der Waals surface area contributed by atoms with E-state index in [1.54, 1.807) is 0 Å². The first-order valence-electron chi connectivity index (χ1n) is 15.2. The zero-order chi connectivity index (χ0) is 27.8. The summed E-state index contributed by atoms with van der Waals surface area (Å²) < 4.78 is 5.09. The van der Waals surface area contributed by atoms with Crippen LogP contribution in [0.25, 0.3) is 43.6 Å². The number of hydrogen-bond donors (Lipinski definition) is 0. The summed E-state index contributed by atoms with van der Waals surface area (Å²) in [5.41, 5.74) is 9.72. The first-order chi connectivity index (χ1) is 20.2. The van der Waals surface area contributed by atoms with Crippen molar-refractivity contribution in [3.63, 3.8) is 0 Å². The lowest BCUT2D eigenvalue weighted by Gasteiger charge is -2.21. The van der Waals surface area contributed by atoms with Gasteiger partial charge in [0.15, 0.2) is 0 Å². The smallest absolute Gasteiger partial charge is 0.0491 e. The summed E-state index contributed by atoms with van der Waals surface area (Å²) in [5, 5.41) is 5.45. The normalized spacial score (nSPS) is 12.0. The Morgan fingerprint density at radius 2 is 0.878 bits per heavy atom. The molecule has 0 amide bonds. The summed E-state index contributed by atoms with van der Waals surface area (Å²) in [4.78, 5) is 0. The van der Waals surface area contributed by atoms with Crippen LogP contribution in [0.1, 0.15) is 48.3 Å². The third-order valence-corrected chi connectivity index (χ3v) is 9.10. The Morgan fingerprint density at radius 3 is 1.29 bits per heavy atom. The Morgan fingerprint density at radius 1 is 0.488 bits per heavy atom. The number of hydrogen-bond acceptors (Lipinski definition) is 0. The van der Waals surface area contributed by atoms with Crippen molar-refractivity contribution in [2.45, 2.75) is 58.5 Å². The molecular formula is C39H38N2. The minimum absolute atomic E-state index is 0.552. The number of fused-ring (bicyclic) bond motifs is 6. The zero-order valence-corrected chi connectivity index (χ0v) is 24.2. The molecule has 0 aliphatic carbocycles. The van der Waals surface area contributed by atoms with Gasteiger partial charge in [0.1, 0.15) is 0 Å². The summed E-state index contributed by atoms with van der Waals surface area (Å²) in [6.07, 6.45) is 4.71. The molecular weight excluding hydrogens is 496 g/mol. The molecule has 204 valence electrons. The van der Waals surface area contributed by atoms with E-state index in [0.717, 1.165) is 25.9 Å². The lowest BCUT2D eigenvalue weighted by atomic mass is 9.86. The van der Waals surface area contributed by atoms with Crippen LogP contribution >= 0.6 is 0 Å². The molecule has 0 spiro atoms. The van der Waals surface area contributed by atoms with E-state index >= 15 is 0 Å². The number of aromatic nitrogens is 2. The highest BCUT2D eigenvalue weighted by Gasteiger charge is 2.17. The largest absolute Gasteiger partial charge is 0.340 e. The van der Waals surface area contributed by atoms with Gasteiger partial charge >= 0.3 is 0 Å². The average Bonchev–Trinajstić information content (AvgIpc) is 3.51. The molecule has 0 aliphatic rings. The van der Waals surface area contributed by atoms with Gasteiger partial charge in [-0.1, -0.05) is 96.6 Å². The quantitative estimate of drug-likeness (QED) is 0.174. The molecule has 0 radical (unpaired) electrons. The second-order valence-electron chi connectivity index (χ2n) is 11.7. The van der Waals surface area contributed by atoms with Gasteiger partial charge in [-0.3, -0.25) is 0 Å². The van der Waals surface area contributed by atoms with Gasteiger partial charge in [-0.25, -0.2) is 0 Å². The summed E-state index contributed by atoms with van der Waals surface area (Å²) >= 11 is 0. The highest BCUT2D eigenvalue weighted by molar-refractivity contribution is 6.08. The van der Waals surface area contributed by atoms with E-state index in [1.807, 2.05) is 0 Å². The van der Waals surface area contributed by atoms with Crippen molar-refractivity contribution in [3.05, 3.63) is 132 Å². The number of para-hydroxylation sites is 4. The molecule has 7 rings (SSSR count). The lowest BCUT2D eigenvalue weighted by Crippen LogP contribution is -2.07. The van der Waals surface area contributed by atoms with Crippen LogP contribution in [0.15, 0.2) is 115 Å². The van der Waals surface area contributed by atoms with Crippen LogP contribution in [0.3, 0.4) is 0 Å². The number of nitrogens with zero attached hydrogens (tertiary/aromatic N) is 2. The third kappa shape index (κ3) is 4.72. The number of rotatable bonds is 9. The first-order valence-corrected chi connectivity index (χ1v) is 15.2. The predicted molar refractivity (Wildman–Crippen MR) is 176 cm³/mol. The molecule has 0 unspecified atom stereocenters. The fourth-order valence-corrected chi connectivity index (χ4v) is 7.14. The van der Waals surface area contributed by atoms with Crippen molar-refractivity contribution >= 4 is 43.6 Å². The molecule has 0 saturated carbocycles. The van der Waals surface area contributed by atoms with Gasteiger partial charge in [0, 0.05) is 56.7 Å². The van der Waals surface area contributed by atoms with Crippen molar-refractivity contribution in [2.24, 2.45) is 0 Å². The fourth-order valence-electron chi connectivity index (χ4n) is 7.14. The van der Waals surface area contributed by atoms with Gasteiger partial charge in [0.2, 0.25) is 0 Å². The molecule has 7 aromatic rings. The Kier molecular flexibility index (Phi) is 6.84. The Hall–Kier alpha value is -4.30. The van der Waals surface area contributed by atoms with E-state index in [1.165, 1.54) is 73.1 Å². The van der Waals surface area contributed by atoms with Crippen molar-refractivity contribution in [3.8, 4) is 0 Å². The molecule has 0 atom stereocenters. The Balaban J connectivity index is 1.14. The van der Waals surface area contributed by atoms with Crippen LogP contribution in [-0.4, -0.2) is 9.13 Å². The second-order valence-corrected chi connectivity index (χ2v) is 11.7. The molecule has 2 nitrogen and oxygen atoms in total. The SMILES string of the molecule is Cc1ccc(C)c(C(CCCn2c3ccccc3c3ccccc32)CCCn2c3ccccc3c3ccccc32)c1. The lowest BCUT2D eigenvalue weighted by molar-refractivity contribution is 0.491. The molecule has 2 heteroatoms. The Bertz CT molecular complexity index is 1760. The van der Waals surface area contributed by atoms with Crippen LogP contribution < -0.4 is 0 Å². The topological polar surface area (TPSA) is 9.86 Å². The van der Waals surface area contributed by atoms with Crippen molar-refractivity contribution in [1.29, 1.82) is 0 Å². The third-order valence-electron chi connectivity index (χ3n) is 9.10. The molecule has 41 heavy (non-hydrogen) atoms. The van der Waals surface area contributed by atoms with Gasteiger partial charge in [-0.2, -0.15) is 0 Å². The van der Waals surface area contributed by atoms with E-state index in [9.17, 15) is 0 Å². The predicted octanol–water partition coefficient (Wildman–Crippen LogP) is 10.6. The summed E-state index contributed by atoms with van der Waals surface area (Å²) in [7, 11) is 0. The molecule has 0 fully saturated rings. The van der Waals surface area contributed by atoms with Gasteiger partial charge in [0.05, 0.1) is 0 Å². The highest BCUT2D eigenvalue weighted by atomic mass is 15.0. The van der Waals surface area contributed by atoms with Crippen molar-refractivity contribution in [1.82, 2.24) is 9.13 Å². The highest BCUT2D eigenvalue weighted by Crippen LogP contribution is 2.34. The van der Waals surface area contributed by atoms with Gasteiger partial charge in [0.25, 0.3) is 0 Å². The molecule has 0 bridgehead atoms. The Labute approximate surface area is 242 Å². The van der Waals surface area contributed by atoms with E-state index in [0.29, 0.717) is 5.92 Å². The maximum absolute atomic E-state index is 2.54. The number of benzene rings is 5. The number of aryl methyl sites for hydroxylation is 4. The maximum Gasteiger partial charge on any atom is 0.0491 e. The molecule has 0 aliphatic heterocycles. The van der Waals surface area contributed by atoms with Crippen molar-refractivity contribution in [2.75, 3.05) is 0 Å².